The van der Waals surface area contributed by atoms with E-state index in [0.717, 1.165) is 6.42 Å². The highest BCUT2D eigenvalue weighted by atomic mass is 31.2. The Morgan fingerprint density at radius 2 is 2.10 bits per heavy atom. The molecule has 0 aromatic rings. The molecule has 62 valence electrons. The molecule has 0 aromatic heterocycles. The highest BCUT2D eigenvalue weighted by molar-refractivity contribution is 7.62. The lowest BCUT2D eigenvalue weighted by Crippen LogP contribution is -2.02. The first-order chi connectivity index (χ1) is 4.52. The molecule has 2 nitrogen and oxygen atoms in total. The summed E-state index contributed by atoms with van der Waals surface area (Å²) in [6, 6.07) is 0. The summed E-state index contributed by atoms with van der Waals surface area (Å²) >= 11 is 0. The molecule has 0 saturated carbocycles. The SMILES string of the molecule is CC[C@H](C)C[P@@](C)(=O)CO. The Balaban J connectivity index is 3.77. The minimum atomic E-state index is -2.19. The van der Waals surface area contributed by atoms with E-state index in [1.807, 2.05) is 0 Å². The van der Waals surface area contributed by atoms with E-state index in [4.69, 9.17) is 5.11 Å². The van der Waals surface area contributed by atoms with E-state index in [-0.39, 0.29) is 6.35 Å². The average molecular weight is 164 g/mol. The van der Waals surface area contributed by atoms with Crippen molar-refractivity contribution in [1.82, 2.24) is 0 Å². The number of rotatable bonds is 4. The molecule has 0 aliphatic carbocycles. The Labute approximate surface area is 63.0 Å². The van der Waals surface area contributed by atoms with E-state index in [0.29, 0.717) is 12.1 Å². The molecule has 0 radical (unpaired) electrons. The molecule has 0 unspecified atom stereocenters. The van der Waals surface area contributed by atoms with E-state index in [1.54, 1.807) is 6.66 Å². The molecule has 0 aliphatic rings. The Hall–Kier alpha value is 0.190. The fourth-order valence-corrected chi connectivity index (χ4v) is 2.54. The van der Waals surface area contributed by atoms with Gasteiger partial charge in [0.2, 0.25) is 0 Å². The fraction of sp³-hybridized carbons (Fsp3) is 1.00. The monoisotopic (exact) mass is 164 g/mol. The Morgan fingerprint density at radius 1 is 1.60 bits per heavy atom. The van der Waals surface area contributed by atoms with E-state index in [9.17, 15) is 4.57 Å². The van der Waals surface area contributed by atoms with E-state index in [2.05, 4.69) is 13.8 Å². The molecular formula is C7H17O2P. The van der Waals surface area contributed by atoms with Gasteiger partial charge in [-0.05, 0) is 12.6 Å². The van der Waals surface area contributed by atoms with Crippen LogP contribution in [0.1, 0.15) is 20.3 Å². The predicted molar refractivity (Wildman–Crippen MR) is 44.9 cm³/mol. The summed E-state index contributed by atoms with van der Waals surface area (Å²) in [4.78, 5) is 0. The first-order valence-electron chi connectivity index (χ1n) is 3.68. The van der Waals surface area contributed by atoms with Crippen LogP contribution in [0.2, 0.25) is 0 Å². The number of aliphatic hydroxyl groups is 1. The molecule has 0 bridgehead atoms. The van der Waals surface area contributed by atoms with Gasteiger partial charge in [-0.2, -0.15) is 0 Å². The standard InChI is InChI=1S/C7H17O2P/c1-4-7(2)5-10(3,9)6-8/h7-8H,4-6H2,1-3H3/t7-,10+/m0/s1. The minimum Gasteiger partial charge on any atom is -0.389 e. The first kappa shape index (κ1) is 10.2. The summed E-state index contributed by atoms with van der Waals surface area (Å²) in [6.45, 7) is 5.80. The zero-order chi connectivity index (χ0) is 8.20. The molecular weight excluding hydrogens is 147 g/mol. The normalized spacial score (nSPS) is 20.0. The van der Waals surface area contributed by atoms with Crippen LogP contribution < -0.4 is 0 Å². The maximum Gasteiger partial charge on any atom is 0.109 e. The van der Waals surface area contributed by atoms with Crippen LogP contribution in [0, 0.1) is 5.92 Å². The third-order valence-corrected chi connectivity index (χ3v) is 3.69. The van der Waals surface area contributed by atoms with Crippen molar-refractivity contribution in [3.05, 3.63) is 0 Å². The van der Waals surface area contributed by atoms with Crippen molar-refractivity contribution in [2.45, 2.75) is 20.3 Å². The molecule has 0 aromatic carbocycles. The molecule has 0 aliphatic heterocycles. The van der Waals surface area contributed by atoms with E-state index >= 15 is 0 Å². The summed E-state index contributed by atoms with van der Waals surface area (Å²) in [5.41, 5.74) is 0. The summed E-state index contributed by atoms with van der Waals surface area (Å²) in [6.07, 6.45) is 1.58. The topological polar surface area (TPSA) is 37.3 Å². The Kier molecular flexibility index (Phi) is 4.23. The van der Waals surface area contributed by atoms with Crippen molar-refractivity contribution in [2.75, 3.05) is 19.2 Å². The number of aliphatic hydroxyl groups excluding tert-OH is 1. The molecule has 1 N–H and O–H groups in total. The molecule has 0 rings (SSSR count). The van der Waals surface area contributed by atoms with Gasteiger partial charge in [0, 0.05) is 6.16 Å². The molecule has 0 heterocycles. The second-order valence-electron chi connectivity index (χ2n) is 3.13. The zero-order valence-corrected chi connectivity index (χ0v) is 7.90. The highest BCUT2D eigenvalue weighted by Crippen LogP contribution is 2.41. The Bertz CT molecular complexity index is 134. The van der Waals surface area contributed by atoms with Crippen LogP contribution in [-0.2, 0) is 4.57 Å². The van der Waals surface area contributed by atoms with E-state index < -0.39 is 7.14 Å². The lowest BCUT2D eigenvalue weighted by atomic mass is 10.2. The summed E-state index contributed by atoms with van der Waals surface area (Å²) < 4.78 is 11.3. The molecule has 0 amide bonds. The molecule has 0 saturated heterocycles. The quantitative estimate of drug-likeness (QED) is 0.645. The predicted octanol–water partition coefficient (Wildman–Crippen LogP) is 1.98. The third kappa shape index (κ3) is 4.08. The van der Waals surface area contributed by atoms with Crippen LogP contribution in [-0.4, -0.2) is 24.3 Å². The molecule has 0 fully saturated rings. The van der Waals surface area contributed by atoms with Gasteiger partial charge in [-0.15, -0.1) is 0 Å². The van der Waals surface area contributed by atoms with Gasteiger partial charge in [-0.3, -0.25) is 0 Å². The minimum absolute atomic E-state index is 0.142. The van der Waals surface area contributed by atoms with Crippen molar-refractivity contribution in [3.63, 3.8) is 0 Å². The molecule has 0 spiro atoms. The van der Waals surface area contributed by atoms with Gasteiger partial charge >= 0.3 is 0 Å². The lowest BCUT2D eigenvalue weighted by molar-refractivity contribution is 0.357. The smallest absolute Gasteiger partial charge is 0.109 e. The van der Waals surface area contributed by atoms with Crippen molar-refractivity contribution in [3.8, 4) is 0 Å². The van der Waals surface area contributed by atoms with Crippen molar-refractivity contribution >= 4 is 7.14 Å². The van der Waals surface area contributed by atoms with Crippen LogP contribution in [0.25, 0.3) is 0 Å². The summed E-state index contributed by atoms with van der Waals surface area (Å²) in [5.74, 6) is 0.475. The van der Waals surface area contributed by atoms with Gasteiger partial charge in [0.05, 0.1) is 6.35 Å². The molecule has 3 heteroatoms. The van der Waals surface area contributed by atoms with E-state index in [1.165, 1.54) is 0 Å². The van der Waals surface area contributed by atoms with Crippen LogP contribution in [0.15, 0.2) is 0 Å². The van der Waals surface area contributed by atoms with Gasteiger partial charge in [0.25, 0.3) is 0 Å². The zero-order valence-electron chi connectivity index (χ0n) is 7.00. The van der Waals surface area contributed by atoms with Crippen molar-refractivity contribution in [1.29, 1.82) is 0 Å². The summed E-state index contributed by atoms with van der Waals surface area (Å²) in [7, 11) is -2.19. The molecule has 10 heavy (non-hydrogen) atoms. The van der Waals surface area contributed by atoms with Gasteiger partial charge in [0.15, 0.2) is 0 Å². The number of hydrogen-bond acceptors (Lipinski definition) is 2. The highest BCUT2D eigenvalue weighted by Gasteiger charge is 2.16. The summed E-state index contributed by atoms with van der Waals surface area (Å²) in [5, 5.41) is 8.68. The van der Waals surface area contributed by atoms with Crippen molar-refractivity contribution < 1.29 is 9.67 Å². The second kappa shape index (κ2) is 4.15. The molecule has 2 atom stereocenters. The lowest BCUT2D eigenvalue weighted by Gasteiger charge is -2.13. The fourth-order valence-electron chi connectivity index (χ4n) is 0.846. The largest absolute Gasteiger partial charge is 0.389 e. The third-order valence-electron chi connectivity index (χ3n) is 1.69. The maximum absolute atomic E-state index is 11.3. The van der Waals surface area contributed by atoms with Crippen LogP contribution in [0.3, 0.4) is 0 Å². The van der Waals surface area contributed by atoms with Crippen LogP contribution >= 0.6 is 7.14 Å². The van der Waals surface area contributed by atoms with Gasteiger partial charge in [-0.25, -0.2) is 0 Å². The van der Waals surface area contributed by atoms with Crippen LogP contribution in [0.4, 0.5) is 0 Å². The second-order valence-corrected chi connectivity index (χ2v) is 6.38. The van der Waals surface area contributed by atoms with Gasteiger partial charge in [-0.1, -0.05) is 20.3 Å². The Morgan fingerprint density at radius 3 is 2.40 bits per heavy atom. The number of hydrogen-bond donors (Lipinski definition) is 1. The van der Waals surface area contributed by atoms with Gasteiger partial charge < -0.3 is 9.67 Å². The van der Waals surface area contributed by atoms with Crippen molar-refractivity contribution in [2.24, 2.45) is 5.92 Å². The van der Waals surface area contributed by atoms with Gasteiger partial charge in [0.1, 0.15) is 7.14 Å². The maximum atomic E-state index is 11.3. The van der Waals surface area contributed by atoms with Crippen LogP contribution in [0.5, 0.6) is 0 Å². The average Bonchev–Trinajstić information content (AvgIpc) is 1.87. The first-order valence-corrected chi connectivity index (χ1v) is 6.20.